The number of thiocarbonyl (C=S) groups is 1. The van der Waals surface area contributed by atoms with Crippen molar-refractivity contribution < 1.29 is 4.84 Å². The summed E-state index contributed by atoms with van der Waals surface area (Å²) in [4.78, 5) is 8.80. The summed E-state index contributed by atoms with van der Waals surface area (Å²) < 4.78 is 1.55. The van der Waals surface area contributed by atoms with Crippen LogP contribution in [0.5, 0.6) is 0 Å². The molecule has 6 heteroatoms. The van der Waals surface area contributed by atoms with Crippen molar-refractivity contribution in [2.45, 2.75) is 26.2 Å². The standard InChI is InChI=1S/C9H14N4OS/c1-2-3-4-8(10)12-14-9(15)13-6-5-11-7-13/h5-7H,2-4H2,1H3,(H2,10,12). The highest BCUT2D eigenvalue weighted by Gasteiger charge is 1.99. The lowest BCUT2D eigenvalue weighted by Crippen LogP contribution is -2.15. The summed E-state index contributed by atoms with van der Waals surface area (Å²) in [5, 5.41) is 3.94. The van der Waals surface area contributed by atoms with Gasteiger partial charge in [-0.15, -0.1) is 0 Å². The molecule has 0 amide bonds. The molecule has 0 fully saturated rings. The molecule has 0 unspecified atom stereocenters. The van der Waals surface area contributed by atoms with Gasteiger partial charge in [0.15, 0.2) is 0 Å². The molecular weight excluding hydrogens is 212 g/mol. The Morgan fingerprint density at radius 3 is 3.07 bits per heavy atom. The lowest BCUT2D eigenvalue weighted by Gasteiger charge is -2.02. The van der Waals surface area contributed by atoms with Gasteiger partial charge in [0.25, 0.3) is 0 Å². The van der Waals surface area contributed by atoms with Gasteiger partial charge in [0.05, 0.1) is 0 Å². The Morgan fingerprint density at radius 1 is 1.67 bits per heavy atom. The molecular formula is C9H14N4OS. The van der Waals surface area contributed by atoms with Gasteiger partial charge in [-0.05, 0) is 18.6 Å². The van der Waals surface area contributed by atoms with E-state index in [9.17, 15) is 0 Å². The number of amidine groups is 1. The van der Waals surface area contributed by atoms with Gasteiger partial charge >= 0.3 is 5.17 Å². The number of hydrogen-bond acceptors (Lipinski definition) is 4. The van der Waals surface area contributed by atoms with E-state index in [-0.39, 0.29) is 5.17 Å². The van der Waals surface area contributed by atoms with Gasteiger partial charge in [0.2, 0.25) is 0 Å². The molecule has 0 aliphatic carbocycles. The highest BCUT2D eigenvalue weighted by molar-refractivity contribution is 7.80. The van der Waals surface area contributed by atoms with Crippen LogP contribution in [0.4, 0.5) is 0 Å². The molecule has 0 aliphatic heterocycles. The van der Waals surface area contributed by atoms with Crippen LogP contribution in [0.2, 0.25) is 0 Å². The third kappa shape index (κ3) is 4.07. The van der Waals surface area contributed by atoms with Crippen molar-refractivity contribution in [3.63, 3.8) is 0 Å². The molecule has 0 bridgehead atoms. The Hall–Kier alpha value is -1.43. The minimum Gasteiger partial charge on any atom is -0.384 e. The number of nitrogens with two attached hydrogens (primary N) is 1. The Balaban J connectivity index is 2.39. The van der Waals surface area contributed by atoms with Crippen molar-refractivity contribution in [3.8, 4) is 0 Å². The van der Waals surface area contributed by atoms with E-state index < -0.39 is 0 Å². The van der Waals surface area contributed by atoms with Gasteiger partial charge in [-0.1, -0.05) is 18.5 Å². The van der Waals surface area contributed by atoms with Gasteiger partial charge in [-0.2, -0.15) is 0 Å². The van der Waals surface area contributed by atoms with E-state index in [1.165, 1.54) is 0 Å². The molecule has 2 N–H and O–H groups in total. The van der Waals surface area contributed by atoms with E-state index in [2.05, 4.69) is 17.1 Å². The van der Waals surface area contributed by atoms with E-state index in [0.717, 1.165) is 19.3 Å². The largest absolute Gasteiger partial charge is 0.384 e. The maximum absolute atomic E-state index is 5.60. The molecule has 0 spiro atoms. The number of imidazole rings is 1. The van der Waals surface area contributed by atoms with Gasteiger partial charge in [-0.25, -0.2) is 4.98 Å². The first-order valence-electron chi connectivity index (χ1n) is 4.75. The Morgan fingerprint density at radius 2 is 2.47 bits per heavy atom. The second-order valence-corrected chi connectivity index (χ2v) is 3.36. The highest BCUT2D eigenvalue weighted by Crippen LogP contribution is 1.96. The van der Waals surface area contributed by atoms with Gasteiger partial charge in [-0.3, -0.25) is 4.57 Å². The summed E-state index contributed by atoms with van der Waals surface area (Å²) in [6.45, 7) is 2.09. The van der Waals surface area contributed by atoms with Crippen LogP contribution < -0.4 is 5.73 Å². The summed E-state index contributed by atoms with van der Waals surface area (Å²) in [7, 11) is 0. The normalized spacial score (nSPS) is 11.4. The molecule has 1 heterocycles. The molecule has 0 radical (unpaired) electrons. The molecule has 0 aliphatic rings. The number of aromatic nitrogens is 2. The van der Waals surface area contributed by atoms with E-state index in [1.807, 2.05) is 0 Å². The number of oxime groups is 1. The predicted molar refractivity (Wildman–Crippen MR) is 62.5 cm³/mol. The minimum absolute atomic E-state index is 0.215. The Labute approximate surface area is 93.9 Å². The van der Waals surface area contributed by atoms with Crippen LogP contribution >= 0.6 is 12.2 Å². The van der Waals surface area contributed by atoms with Crippen LogP contribution in [0.3, 0.4) is 0 Å². The number of unbranched alkanes of at least 4 members (excludes halogenated alkanes) is 1. The van der Waals surface area contributed by atoms with E-state index in [0.29, 0.717) is 5.84 Å². The first-order chi connectivity index (χ1) is 7.24. The molecule has 0 saturated carbocycles. The van der Waals surface area contributed by atoms with Crippen molar-refractivity contribution in [2.75, 3.05) is 0 Å². The maximum Gasteiger partial charge on any atom is 0.301 e. The molecule has 1 aromatic rings. The zero-order chi connectivity index (χ0) is 11.1. The number of hydrogen-bond donors (Lipinski definition) is 1. The van der Waals surface area contributed by atoms with E-state index in [4.69, 9.17) is 22.8 Å². The topological polar surface area (TPSA) is 65.4 Å². The number of rotatable bonds is 4. The Bertz CT molecular complexity index is 334. The predicted octanol–water partition coefficient (Wildman–Crippen LogP) is 1.50. The van der Waals surface area contributed by atoms with Crippen LogP contribution in [-0.4, -0.2) is 20.6 Å². The van der Waals surface area contributed by atoms with Gasteiger partial charge in [0, 0.05) is 18.8 Å². The fourth-order valence-electron chi connectivity index (χ4n) is 0.915. The van der Waals surface area contributed by atoms with Gasteiger partial charge < -0.3 is 10.6 Å². The highest BCUT2D eigenvalue weighted by atomic mass is 32.1. The third-order valence-electron chi connectivity index (χ3n) is 1.74. The van der Waals surface area contributed by atoms with Crippen LogP contribution in [0, 0.1) is 0 Å². The van der Waals surface area contributed by atoms with Crippen molar-refractivity contribution in [1.29, 1.82) is 0 Å². The molecule has 1 rings (SSSR count). The summed E-state index contributed by atoms with van der Waals surface area (Å²) in [5.41, 5.74) is 5.60. The monoisotopic (exact) mass is 226 g/mol. The Kier molecular flexibility index (Phi) is 4.76. The molecule has 5 nitrogen and oxygen atoms in total. The van der Waals surface area contributed by atoms with Crippen molar-refractivity contribution in [2.24, 2.45) is 10.9 Å². The number of nitrogens with zero attached hydrogens (tertiary/aromatic N) is 3. The zero-order valence-electron chi connectivity index (χ0n) is 8.59. The summed E-state index contributed by atoms with van der Waals surface area (Å²) in [5.74, 6) is 0.458. The fraction of sp³-hybridized carbons (Fsp3) is 0.444. The SMILES string of the molecule is CCCC/C(N)=N/OC(=S)n1ccnc1. The average molecular weight is 226 g/mol. The fourth-order valence-corrected chi connectivity index (χ4v) is 1.06. The van der Waals surface area contributed by atoms with Gasteiger partial charge in [0.1, 0.15) is 12.2 Å². The van der Waals surface area contributed by atoms with E-state index >= 15 is 0 Å². The quantitative estimate of drug-likeness (QED) is 0.365. The summed E-state index contributed by atoms with van der Waals surface area (Å²) >= 11 is 4.94. The average Bonchev–Trinajstić information content (AvgIpc) is 2.76. The second kappa shape index (κ2) is 6.13. The molecule has 0 atom stereocenters. The van der Waals surface area contributed by atoms with Crippen molar-refractivity contribution in [1.82, 2.24) is 9.55 Å². The van der Waals surface area contributed by atoms with Crippen LogP contribution in [0.25, 0.3) is 0 Å². The molecule has 1 aromatic heterocycles. The molecule has 15 heavy (non-hydrogen) atoms. The van der Waals surface area contributed by atoms with Crippen LogP contribution in [0.1, 0.15) is 26.2 Å². The molecule has 0 aromatic carbocycles. The minimum atomic E-state index is 0.215. The lowest BCUT2D eigenvalue weighted by atomic mass is 10.2. The molecule has 0 saturated heterocycles. The first-order valence-corrected chi connectivity index (χ1v) is 5.16. The second-order valence-electron chi connectivity index (χ2n) is 3.01. The maximum atomic E-state index is 5.60. The smallest absolute Gasteiger partial charge is 0.301 e. The van der Waals surface area contributed by atoms with Crippen molar-refractivity contribution >= 4 is 23.2 Å². The first kappa shape index (κ1) is 11.6. The third-order valence-corrected chi connectivity index (χ3v) is 2.03. The molecule has 82 valence electrons. The zero-order valence-corrected chi connectivity index (χ0v) is 9.41. The van der Waals surface area contributed by atoms with Crippen LogP contribution in [-0.2, 0) is 4.84 Å². The van der Waals surface area contributed by atoms with E-state index in [1.54, 1.807) is 23.3 Å². The lowest BCUT2D eigenvalue weighted by molar-refractivity contribution is 0.321. The van der Waals surface area contributed by atoms with Crippen LogP contribution in [0.15, 0.2) is 23.9 Å². The summed E-state index contributed by atoms with van der Waals surface area (Å²) in [6.07, 6.45) is 7.63. The van der Waals surface area contributed by atoms with Crippen molar-refractivity contribution in [3.05, 3.63) is 18.7 Å². The summed E-state index contributed by atoms with van der Waals surface area (Å²) in [6, 6.07) is 0.